The minimum Gasteiger partial charge on any atom is -0.388 e. The maximum absolute atomic E-state index is 11.1. The molecular weight excluding hydrogens is 268 g/mol. The van der Waals surface area contributed by atoms with Gasteiger partial charge in [0.05, 0.1) is 4.92 Å². The van der Waals surface area contributed by atoms with Crippen molar-refractivity contribution in [2.45, 2.75) is 13.8 Å². The predicted molar refractivity (Wildman–Crippen MR) is 88.2 cm³/mol. The van der Waals surface area contributed by atoms with Crippen molar-refractivity contribution in [1.29, 1.82) is 0 Å². The summed E-state index contributed by atoms with van der Waals surface area (Å²) >= 11 is 0. The van der Waals surface area contributed by atoms with Gasteiger partial charge in [-0.3, -0.25) is 10.1 Å². The third kappa shape index (κ3) is 5.59. The van der Waals surface area contributed by atoms with E-state index in [1.165, 1.54) is 0 Å². The van der Waals surface area contributed by atoms with E-state index in [4.69, 9.17) is 0 Å². The topological polar surface area (TPSA) is 61.6 Å². The Morgan fingerprint density at radius 2 is 1.90 bits per heavy atom. The molecule has 0 aliphatic heterocycles. The number of nitrogens with zero attached hydrogens (tertiary/aromatic N) is 3. The predicted octanol–water partition coefficient (Wildman–Crippen LogP) is 2.66. The first-order valence-electron chi connectivity index (χ1n) is 7.20. The molecule has 0 amide bonds. The van der Waals surface area contributed by atoms with Crippen LogP contribution in [0.3, 0.4) is 0 Å². The minimum absolute atomic E-state index is 0.121. The molecule has 6 heteroatoms. The number of nitrogens with one attached hydrogen (secondary N) is 1. The fourth-order valence-corrected chi connectivity index (χ4v) is 2.11. The molecule has 0 unspecified atom stereocenters. The van der Waals surface area contributed by atoms with Crippen molar-refractivity contribution in [2.75, 3.05) is 51.0 Å². The average Bonchev–Trinajstić information content (AvgIpc) is 2.42. The van der Waals surface area contributed by atoms with Crippen LogP contribution in [0.15, 0.2) is 18.2 Å². The summed E-state index contributed by atoms with van der Waals surface area (Å²) in [7, 11) is 5.83. The van der Waals surface area contributed by atoms with E-state index >= 15 is 0 Å². The summed E-state index contributed by atoms with van der Waals surface area (Å²) in [5.74, 6) is 0.490. The molecule has 0 heterocycles. The van der Waals surface area contributed by atoms with Gasteiger partial charge in [0.15, 0.2) is 0 Å². The van der Waals surface area contributed by atoms with E-state index < -0.39 is 0 Å². The first kappa shape index (κ1) is 17.2. The average molecular weight is 294 g/mol. The number of hydrogen-bond acceptors (Lipinski definition) is 5. The van der Waals surface area contributed by atoms with E-state index in [1.54, 1.807) is 19.2 Å². The van der Waals surface area contributed by atoms with Gasteiger partial charge in [-0.2, -0.15) is 0 Å². The van der Waals surface area contributed by atoms with Crippen molar-refractivity contribution in [3.8, 4) is 0 Å². The summed E-state index contributed by atoms with van der Waals surface area (Å²) in [6.45, 7) is 6.93. The molecular formula is C15H26N4O2. The van der Waals surface area contributed by atoms with E-state index in [9.17, 15) is 10.1 Å². The second-order valence-corrected chi connectivity index (χ2v) is 5.89. The molecule has 0 aliphatic carbocycles. The van der Waals surface area contributed by atoms with Crippen molar-refractivity contribution in [1.82, 2.24) is 4.90 Å². The zero-order valence-corrected chi connectivity index (χ0v) is 13.6. The van der Waals surface area contributed by atoms with Crippen LogP contribution >= 0.6 is 0 Å². The van der Waals surface area contributed by atoms with Gasteiger partial charge in [0.2, 0.25) is 0 Å². The van der Waals surface area contributed by atoms with Gasteiger partial charge in [0, 0.05) is 50.2 Å². The number of hydrogen-bond donors (Lipinski definition) is 1. The molecule has 1 rings (SSSR count). The van der Waals surface area contributed by atoms with Gasteiger partial charge in [0.1, 0.15) is 0 Å². The van der Waals surface area contributed by atoms with Crippen LogP contribution in [0.4, 0.5) is 17.1 Å². The molecule has 0 radical (unpaired) electrons. The first-order valence-corrected chi connectivity index (χ1v) is 7.20. The quantitative estimate of drug-likeness (QED) is 0.590. The van der Waals surface area contributed by atoms with Crippen molar-refractivity contribution in [3.05, 3.63) is 28.3 Å². The van der Waals surface area contributed by atoms with Crippen LogP contribution in [0.25, 0.3) is 0 Å². The van der Waals surface area contributed by atoms with Gasteiger partial charge < -0.3 is 15.1 Å². The smallest absolute Gasteiger partial charge is 0.273 e. The second kappa shape index (κ2) is 7.83. The van der Waals surface area contributed by atoms with Gasteiger partial charge >= 0.3 is 0 Å². The lowest BCUT2D eigenvalue weighted by Crippen LogP contribution is -2.34. The van der Waals surface area contributed by atoms with Crippen LogP contribution in [-0.4, -0.2) is 50.6 Å². The van der Waals surface area contributed by atoms with Crippen LogP contribution in [0.1, 0.15) is 13.8 Å². The van der Waals surface area contributed by atoms with Crippen molar-refractivity contribution < 1.29 is 4.92 Å². The van der Waals surface area contributed by atoms with Crippen LogP contribution in [0.2, 0.25) is 0 Å². The van der Waals surface area contributed by atoms with Crippen molar-refractivity contribution in [2.24, 2.45) is 5.92 Å². The Bertz CT molecular complexity index is 475. The largest absolute Gasteiger partial charge is 0.388 e. The maximum Gasteiger partial charge on any atom is 0.273 e. The monoisotopic (exact) mass is 294 g/mol. The summed E-state index contributed by atoms with van der Waals surface area (Å²) in [6.07, 6.45) is 0. The summed E-state index contributed by atoms with van der Waals surface area (Å²) in [5, 5.41) is 14.1. The molecule has 0 spiro atoms. The Morgan fingerprint density at radius 1 is 1.24 bits per heavy atom. The number of likely N-dealkylation sites (N-methyl/N-ethyl adjacent to an activating group) is 1. The molecule has 0 saturated carbocycles. The third-order valence-electron chi connectivity index (χ3n) is 3.17. The fraction of sp³-hybridized carbons (Fsp3) is 0.600. The zero-order chi connectivity index (χ0) is 16.0. The molecule has 1 aromatic carbocycles. The van der Waals surface area contributed by atoms with E-state index in [-0.39, 0.29) is 10.6 Å². The Morgan fingerprint density at radius 3 is 2.38 bits per heavy atom. The molecule has 0 fully saturated rings. The molecule has 0 aliphatic rings. The summed E-state index contributed by atoms with van der Waals surface area (Å²) in [4.78, 5) is 15.1. The molecule has 0 bridgehead atoms. The Kier molecular flexibility index (Phi) is 6.42. The molecule has 1 N–H and O–H groups in total. The molecule has 6 nitrogen and oxygen atoms in total. The Labute approximate surface area is 126 Å². The number of nitro benzene ring substituents is 1. The molecule has 0 aromatic heterocycles. The van der Waals surface area contributed by atoms with Gasteiger partial charge in [-0.1, -0.05) is 13.8 Å². The highest BCUT2D eigenvalue weighted by atomic mass is 16.6. The number of benzene rings is 1. The number of anilines is 2. The second-order valence-electron chi connectivity index (χ2n) is 5.89. The molecule has 0 saturated heterocycles. The number of non-ortho nitro benzene ring substituents is 1. The summed E-state index contributed by atoms with van der Waals surface area (Å²) in [6, 6.07) is 5.17. The van der Waals surface area contributed by atoms with E-state index in [0.29, 0.717) is 5.92 Å². The Hall–Kier alpha value is -1.82. The lowest BCUT2D eigenvalue weighted by atomic mass is 10.1. The molecule has 0 atom stereocenters. The summed E-state index contributed by atoms with van der Waals surface area (Å²) in [5.41, 5.74) is 1.78. The lowest BCUT2D eigenvalue weighted by molar-refractivity contribution is -0.384. The SMILES string of the molecule is CNc1cc(N(CCN(C)C)CC(C)C)cc([N+](=O)[O-])c1. The van der Waals surface area contributed by atoms with Crippen LogP contribution < -0.4 is 10.2 Å². The first-order chi connectivity index (χ1) is 9.83. The molecule has 118 valence electrons. The van der Waals surface area contributed by atoms with Crippen molar-refractivity contribution in [3.63, 3.8) is 0 Å². The zero-order valence-electron chi connectivity index (χ0n) is 13.6. The van der Waals surface area contributed by atoms with Crippen LogP contribution in [-0.2, 0) is 0 Å². The van der Waals surface area contributed by atoms with Crippen LogP contribution in [0.5, 0.6) is 0 Å². The highest BCUT2D eigenvalue weighted by Gasteiger charge is 2.15. The number of rotatable bonds is 8. The molecule has 21 heavy (non-hydrogen) atoms. The van der Waals surface area contributed by atoms with Gasteiger partial charge in [-0.15, -0.1) is 0 Å². The van der Waals surface area contributed by atoms with Gasteiger partial charge in [-0.05, 0) is 26.1 Å². The van der Waals surface area contributed by atoms with E-state index in [2.05, 4.69) is 29.0 Å². The minimum atomic E-state index is -0.343. The Balaban J connectivity index is 3.09. The van der Waals surface area contributed by atoms with Crippen LogP contribution in [0, 0.1) is 16.0 Å². The third-order valence-corrected chi connectivity index (χ3v) is 3.17. The standard InChI is InChI=1S/C15H26N4O2/c1-12(2)11-18(7-6-17(4)5)14-8-13(16-3)9-15(10-14)19(20)21/h8-10,12,16H,6-7,11H2,1-5H3. The van der Waals surface area contributed by atoms with E-state index in [1.807, 2.05) is 20.2 Å². The normalized spacial score (nSPS) is 11.0. The van der Waals surface area contributed by atoms with Gasteiger partial charge in [-0.25, -0.2) is 0 Å². The summed E-state index contributed by atoms with van der Waals surface area (Å²) < 4.78 is 0. The highest BCUT2D eigenvalue weighted by Crippen LogP contribution is 2.27. The fourth-order valence-electron chi connectivity index (χ4n) is 2.11. The van der Waals surface area contributed by atoms with E-state index in [0.717, 1.165) is 31.0 Å². The maximum atomic E-state index is 11.1. The number of nitro groups is 1. The van der Waals surface area contributed by atoms with Gasteiger partial charge in [0.25, 0.3) is 5.69 Å². The highest BCUT2D eigenvalue weighted by molar-refractivity contribution is 5.64. The lowest BCUT2D eigenvalue weighted by Gasteiger charge is -2.28. The van der Waals surface area contributed by atoms with Crippen molar-refractivity contribution >= 4 is 17.1 Å². The molecule has 1 aromatic rings.